The Morgan fingerprint density at radius 3 is 2.45 bits per heavy atom. The van der Waals surface area contributed by atoms with Gasteiger partial charge in [0.05, 0.1) is 19.3 Å². The molecule has 0 heterocycles. The topological polar surface area (TPSA) is 39.7 Å². The molecule has 0 unspecified atom stereocenters. The predicted molar refractivity (Wildman–Crippen MR) is 93.9 cm³/mol. The SMILES string of the molecule is COc1cc(Br)cc(CNCCCOC(C)C)c1OC(C)C. The summed E-state index contributed by atoms with van der Waals surface area (Å²) < 4.78 is 17.9. The normalized spacial score (nSPS) is 11.3. The average molecular weight is 374 g/mol. The van der Waals surface area contributed by atoms with Crippen LogP contribution in [0.25, 0.3) is 0 Å². The van der Waals surface area contributed by atoms with Crippen LogP contribution in [0.2, 0.25) is 0 Å². The Balaban J connectivity index is 2.62. The number of rotatable bonds is 10. The van der Waals surface area contributed by atoms with Gasteiger partial charge in [-0.05, 0) is 52.8 Å². The third kappa shape index (κ3) is 6.99. The van der Waals surface area contributed by atoms with E-state index in [9.17, 15) is 0 Å². The molecule has 0 bridgehead atoms. The first-order valence-electron chi connectivity index (χ1n) is 7.79. The first-order chi connectivity index (χ1) is 10.4. The lowest BCUT2D eigenvalue weighted by Gasteiger charge is -2.18. The lowest BCUT2D eigenvalue weighted by Crippen LogP contribution is -2.19. The largest absolute Gasteiger partial charge is 0.493 e. The van der Waals surface area contributed by atoms with Crippen LogP contribution in [0.3, 0.4) is 0 Å². The highest BCUT2D eigenvalue weighted by Crippen LogP contribution is 2.35. The van der Waals surface area contributed by atoms with Crippen molar-refractivity contribution in [2.75, 3.05) is 20.3 Å². The minimum absolute atomic E-state index is 0.105. The van der Waals surface area contributed by atoms with Gasteiger partial charge < -0.3 is 19.5 Å². The van der Waals surface area contributed by atoms with E-state index >= 15 is 0 Å². The van der Waals surface area contributed by atoms with Crippen LogP contribution in [0.15, 0.2) is 16.6 Å². The van der Waals surface area contributed by atoms with Crippen molar-refractivity contribution in [3.8, 4) is 11.5 Å². The molecule has 0 amide bonds. The fourth-order valence-corrected chi connectivity index (χ4v) is 2.50. The Morgan fingerprint density at radius 1 is 1.14 bits per heavy atom. The maximum atomic E-state index is 5.92. The van der Waals surface area contributed by atoms with Gasteiger partial charge in [-0.25, -0.2) is 0 Å². The van der Waals surface area contributed by atoms with Crippen LogP contribution < -0.4 is 14.8 Å². The van der Waals surface area contributed by atoms with Gasteiger partial charge >= 0.3 is 0 Å². The van der Waals surface area contributed by atoms with E-state index in [1.807, 2.05) is 19.9 Å². The lowest BCUT2D eigenvalue weighted by molar-refractivity contribution is 0.0770. The molecular weight excluding hydrogens is 346 g/mol. The van der Waals surface area contributed by atoms with Crippen molar-refractivity contribution in [3.05, 3.63) is 22.2 Å². The van der Waals surface area contributed by atoms with Crippen molar-refractivity contribution in [2.45, 2.75) is 52.9 Å². The first kappa shape index (κ1) is 19.3. The van der Waals surface area contributed by atoms with Crippen molar-refractivity contribution < 1.29 is 14.2 Å². The monoisotopic (exact) mass is 373 g/mol. The molecule has 126 valence electrons. The average Bonchev–Trinajstić information content (AvgIpc) is 2.44. The van der Waals surface area contributed by atoms with Crippen LogP contribution in [0.1, 0.15) is 39.7 Å². The van der Waals surface area contributed by atoms with Crippen LogP contribution in [0.4, 0.5) is 0 Å². The zero-order chi connectivity index (χ0) is 16.5. The lowest BCUT2D eigenvalue weighted by atomic mass is 10.1. The zero-order valence-corrected chi connectivity index (χ0v) is 15.8. The van der Waals surface area contributed by atoms with E-state index in [-0.39, 0.29) is 6.10 Å². The molecule has 0 radical (unpaired) electrons. The van der Waals surface area contributed by atoms with Gasteiger partial charge in [-0.15, -0.1) is 0 Å². The molecule has 1 N–H and O–H groups in total. The van der Waals surface area contributed by atoms with Gasteiger partial charge in [-0.3, -0.25) is 0 Å². The highest BCUT2D eigenvalue weighted by molar-refractivity contribution is 9.10. The standard InChI is InChI=1S/C17H28BrNO3/c1-12(2)21-8-6-7-19-11-14-9-15(18)10-16(20-5)17(14)22-13(3)4/h9-10,12-13,19H,6-8,11H2,1-5H3. The maximum absolute atomic E-state index is 5.92. The zero-order valence-electron chi connectivity index (χ0n) is 14.2. The molecule has 1 aromatic rings. The Labute approximate surface area is 142 Å². The summed E-state index contributed by atoms with van der Waals surface area (Å²) in [5, 5.41) is 3.43. The molecule has 0 aromatic heterocycles. The Bertz CT molecular complexity index is 450. The van der Waals surface area contributed by atoms with Crippen molar-refractivity contribution in [3.63, 3.8) is 0 Å². The molecule has 1 aromatic carbocycles. The van der Waals surface area contributed by atoms with Gasteiger partial charge in [0.15, 0.2) is 11.5 Å². The number of ether oxygens (including phenoxy) is 3. The van der Waals surface area contributed by atoms with Crippen LogP contribution in [-0.2, 0) is 11.3 Å². The summed E-state index contributed by atoms with van der Waals surface area (Å²) in [5.74, 6) is 1.56. The van der Waals surface area contributed by atoms with Gasteiger partial charge in [0, 0.05) is 23.2 Å². The minimum atomic E-state index is 0.105. The summed E-state index contributed by atoms with van der Waals surface area (Å²) in [4.78, 5) is 0. The van der Waals surface area contributed by atoms with E-state index in [1.165, 1.54) is 0 Å². The number of halogens is 1. The molecule has 1 rings (SSSR count). The first-order valence-corrected chi connectivity index (χ1v) is 8.58. The Kier molecular flexibility index (Phi) is 8.83. The van der Waals surface area contributed by atoms with Crippen molar-refractivity contribution in [1.82, 2.24) is 5.32 Å². The van der Waals surface area contributed by atoms with E-state index in [4.69, 9.17) is 14.2 Å². The van der Waals surface area contributed by atoms with Gasteiger partial charge in [-0.1, -0.05) is 15.9 Å². The second kappa shape index (κ2) is 10.1. The molecule has 0 aliphatic rings. The molecule has 0 aliphatic carbocycles. The summed E-state index contributed by atoms with van der Waals surface area (Å²) in [5.41, 5.74) is 1.09. The second-order valence-corrected chi connectivity index (χ2v) is 6.63. The molecule has 0 saturated carbocycles. The van der Waals surface area contributed by atoms with E-state index in [0.29, 0.717) is 6.10 Å². The van der Waals surface area contributed by atoms with Crippen molar-refractivity contribution in [1.29, 1.82) is 0 Å². The summed E-state index contributed by atoms with van der Waals surface area (Å²) in [6, 6.07) is 4.00. The minimum Gasteiger partial charge on any atom is -0.493 e. The van der Waals surface area contributed by atoms with Crippen molar-refractivity contribution >= 4 is 15.9 Å². The van der Waals surface area contributed by atoms with Gasteiger partial charge in [0.1, 0.15) is 0 Å². The number of methoxy groups -OCH3 is 1. The van der Waals surface area contributed by atoms with Crippen LogP contribution in [-0.4, -0.2) is 32.5 Å². The number of hydrogen-bond acceptors (Lipinski definition) is 4. The van der Waals surface area contributed by atoms with Gasteiger partial charge in [0.25, 0.3) is 0 Å². The van der Waals surface area contributed by atoms with Crippen LogP contribution in [0.5, 0.6) is 11.5 Å². The van der Waals surface area contributed by atoms with Crippen LogP contribution in [0, 0.1) is 0 Å². The van der Waals surface area contributed by atoms with E-state index in [2.05, 4.69) is 41.2 Å². The predicted octanol–water partition coefficient (Wildman–Crippen LogP) is 4.15. The smallest absolute Gasteiger partial charge is 0.166 e. The highest BCUT2D eigenvalue weighted by atomic mass is 79.9. The molecule has 0 spiro atoms. The van der Waals surface area contributed by atoms with E-state index in [0.717, 1.165) is 47.7 Å². The summed E-state index contributed by atoms with van der Waals surface area (Å²) in [6.07, 6.45) is 1.39. The Morgan fingerprint density at radius 2 is 1.86 bits per heavy atom. The summed E-state index contributed by atoms with van der Waals surface area (Å²) in [7, 11) is 1.66. The highest BCUT2D eigenvalue weighted by Gasteiger charge is 2.13. The maximum Gasteiger partial charge on any atom is 0.166 e. The molecule has 0 aliphatic heterocycles. The summed E-state index contributed by atoms with van der Waals surface area (Å²) in [6.45, 7) is 10.6. The van der Waals surface area contributed by atoms with E-state index in [1.54, 1.807) is 7.11 Å². The fraction of sp³-hybridized carbons (Fsp3) is 0.647. The van der Waals surface area contributed by atoms with Crippen molar-refractivity contribution in [2.24, 2.45) is 0 Å². The Hall–Kier alpha value is -0.780. The van der Waals surface area contributed by atoms with Crippen LogP contribution >= 0.6 is 15.9 Å². The quantitative estimate of drug-likeness (QED) is 0.625. The van der Waals surface area contributed by atoms with Gasteiger partial charge in [0.2, 0.25) is 0 Å². The van der Waals surface area contributed by atoms with E-state index < -0.39 is 0 Å². The fourth-order valence-electron chi connectivity index (χ4n) is 2.01. The molecule has 0 fully saturated rings. The number of benzene rings is 1. The molecule has 0 atom stereocenters. The molecule has 4 nitrogen and oxygen atoms in total. The molecule has 0 saturated heterocycles. The molecular formula is C17H28BrNO3. The van der Waals surface area contributed by atoms with Gasteiger partial charge in [-0.2, -0.15) is 0 Å². The third-order valence-electron chi connectivity index (χ3n) is 2.93. The number of nitrogens with one attached hydrogen (secondary N) is 1. The third-order valence-corrected chi connectivity index (χ3v) is 3.39. The molecule has 5 heteroatoms. The summed E-state index contributed by atoms with van der Waals surface area (Å²) >= 11 is 3.52. The molecule has 22 heavy (non-hydrogen) atoms. The number of hydrogen-bond donors (Lipinski definition) is 1. The second-order valence-electron chi connectivity index (χ2n) is 5.71.